The SMILES string of the molecule is CCCCCCCCCCn1cc2ccc(C(=O)O)cc2c1. The number of aromatic nitrogens is 1. The second-order valence-corrected chi connectivity index (χ2v) is 6.12. The number of benzene rings is 1. The van der Waals surface area contributed by atoms with Crippen LogP contribution < -0.4 is 0 Å². The van der Waals surface area contributed by atoms with Crippen molar-refractivity contribution in [1.29, 1.82) is 0 Å². The third kappa shape index (κ3) is 4.90. The number of hydrogen-bond acceptors (Lipinski definition) is 1. The van der Waals surface area contributed by atoms with Gasteiger partial charge in [-0.15, -0.1) is 0 Å². The van der Waals surface area contributed by atoms with Gasteiger partial charge in [-0.3, -0.25) is 0 Å². The highest BCUT2D eigenvalue weighted by Gasteiger charge is 2.05. The topological polar surface area (TPSA) is 42.2 Å². The number of hydrogen-bond donors (Lipinski definition) is 1. The monoisotopic (exact) mass is 301 g/mol. The van der Waals surface area contributed by atoms with Crippen LogP contribution in [0.3, 0.4) is 0 Å². The minimum Gasteiger partial charge on any atom is -0.478 e. The van der Waals surface area contributed by atoms with Crippen molar-refractivity contribution >= 4 is 16.7 Å². The fraction of sp³-hybridized carbons (Fsp3) is 0.526. The second-order valence-electron chi connectivity index (χ2n) is 6.12. The van der Waals surface area contributed by atoms with Gasteiger partial charge in [0.2, 0.25) is 0 Å². The van der Waals surface area contributed by atoms with Crippen LogP contribution in [0.4, 0.5) is 0 Å². The molecule has 2 aromatic rings. The zero-order valence-electron chi connectivity index (χ0n) is 13.6. The van der Waals surface area contributed by atoms with Crippen LogP contribution in [0, 0.1) is 0 Å². The summed E-state index contributed by atoms with van der Waals surface area (Å²) in [6, 6.07) is 5.32. The summed E-state index contributed by atoms with van der Waals surface area (Å²) in [6.07, 6.45) is 14.8. The number of carbonyl (C=O) groups is 1. The Hall–Kier alpha value is -1.77. The Balaban J connectivity index is 1.74. The zero-order chi connectivity index (χ0) is 15.8. The molecule has 0 unspecified atom stereocenters. The number of rotatable bonds is 10. The van der Waals surface area contributed by atoms with E-state index in [-0.39, 0.29) is 0 Å². The van der Waals surface area contributed by atoms with Gasteiger partial charge in [-0.25, -0.2) is 4.79 Å². The Morgan fingerprint density at radius 3 is 2.27 bits per heavy atom. The van der Waals surface area contributed by atoms with E-state index in [9.17, 15) is 4.79 Å². The van der Waals surface area contributed by atoms with Crippen molar-refractivity contribution in [3.63, 3.8) is 0 Å². The summed E-state index contributed by atoms with van der Waals surface area (Å²) in [5.74, 6) is -0.863. The van der Waals surface area contributed by atoms with Crippen molar-refractivity contribution in [2.24, 2.45) is 0 Å². The van der Waals surface area contributed by atoms with E-state index in [0.29, 0.717) is 5.56 Å². The molecule has 0 saturated carbocycles. The summed E-state index contributed by atoms with van der Waals surface area (Å²) in [7, 11) is 0. The second kappa shape index (κ2) is 8.62. The molecule has 1 heterocycles. The Labute approximate surface area is 133 Å². The first kappa shape index (κ1) is 16.6. The summed E-state index contributed by atoms with van der Waals surface area (Å²) in [5, 5.41) is 11.2. The largest absolute Gasteiger partial charge is 0.478 e. The zero-order valence-corrected chi connectivity index (χ0v) is 13.6. The number of fused-ring (bicyclic) bond motifs is 1. The first-order chi connectivity index (χ1) is 10.7. The van der Waals surface area contributed by atoms with E-state index in [1.54, 1.807) is 12.1 Å². The van der Waals surface area contributed by atoms with Crippen LogP contribution >= 0.6 is 0 Å². The Bertz CT molecular complexity index is 601. The predicted octanol–water partition coefficient (Wildman–Crippen LogP) is 5.48. The van der Waals surface area contributed by atoms with Gasteiger partial charge in [-0.05, 0) is 23.9 Å². The quantitative estimate of drug-likeness (QED) is 0.590. The lowest BCUT2D eigenvalue weighted by molar-refractivity contribution is 0.0697. The smallest absolute Gasteiger partial charge is 0.335 e. The lowest BCUT2D eigenvalue weighted by Gasteiger charge is -2.03. The summed E-state index contributed by atoms with van der Waals surface area (Å²) >= 11 is 0. The molecule has 0 spiro atoms. The molecule has 0 amide bonds. The third-order valence-corrected chi connectivity index (χ3v) is 4.21. The fourth-order valence-corrected chi connectivity index (χ4v) is 2.89. The maximum atomic E-state index is 11.0. The molecule has 0 radical (unpaired) electrons. The molecule has 0 aliphatic carbocycles. The van der Waals surface area contributed by atoms with Crippen LogP contribution in [0.15, 0.2) is 30.6 Å². The van der Waals surface area contributed by atoms with Gasteiger partial charge in [-0.2, -0.15) is 0 Å². The van der Waals surface area contributed by atoms with Crippen molar-refractivity contribution in [1.82, 2.24) is 4.57 Å². The molecule has 1 N–H and O–H groups in total. The molecule has 22 heavy (non-hydrogen) atoms. The van der Waals surface area contributed by atoms with Gasteiger partial charge >= 0.3 is 5.97 Å². The van der Waals surface area contributed by atoms with Crippen LogP contribution in [-0.4, -0.2) is 15.6 Å². The number of aromatic carboxylic acids is 1. The standard InChI is InChI=1S/C19H27NO2/c1-2-3-4-5-6-7-8-9-12-20-14-17-11-10-16(19(21)22)13-18(17)15-20/h10-11,13-15H,2-9,12H2,1H3,(H,21,22). The first-order valence-electron chi connectivity index (χ1n) is 8.53. The van der Waals surface area contributed by atoms with Gasteiger partial charge in [0.15, 0.2) is 0 Å². The van der Waals surface area contributed by atoms with Gasteiger partial charge < -0.3 is 9.67 Å². The van der Waals surface area contributed by atoms with Crippen LogP contribution in [0.5, 0.6) is 0 Å². The highest BCUT2D eigenvalue weighted by atomic mass is 16.4. The van der Waals surface area contributed by atoms with Crippen molar-refractivity contribution < 1.29 is 9.90 Å². The fourth-order valence-electron chi connectivity index (χ4n) is 2.89. The summed E-state index contributed by atoms with van der Waals surface area (Å²) < 4.78 is 2.19. The molecule has 0 atom stereocenters. The maximum Gasteiger partial charge on any atom is 0.335 e. The normalized spacial score (nSPS) is 11.1. The molecule has 0 fully saturated rings. The molecular weight excluding hydrogens is 274 g/mol. The molecule has 0 aliphatic rings. The molecule has 3 nitrogen and oxygen atoms in total. The van der Waals surface area contributed by atoms with Gasteiger partial charge in [0.25, 0.3) is 0 Å². The Morgan fingerprint density at radius 1 is 0.955 bits per heavy atom. The van der Waals surface area contributed by atoms with E-state index in [1.165, 1.54) is 51.4 Å². The van der Waals surface area contributed by atoms with Crippen molar-refractivity contribution in [2.75, 3.05) is 0 Å². The summed E-state index contributed by atoms with van der Waals surface area (Å²) in [4.78, 5) is 11.0. The average molecular weight is 301 g/mol. The van der Waals surface area contributed by atoms with Crippen LogP contribution in [0.2, 0.25) is 0 Å². The van der Waals surface area contributed by atoms with Gasteiger partial charge in [0.1, 0.15) is 0 Å². The lowest BCUT2D eigenvalue weighted by Crippen LogP contribution is -1.94. The van der Waals surface area contributed by atoms with E-state index < -0.39 is 5.97 Å². The maximum absolute atomic E-state index is 11.0. The molecule has 1 aromatic heterocycles. The van der Waals surface area contributed by atoms with Crippen LogP contribution in [0.25, 0.3) is 10.8 Å². The minimum atomic E-state index is -0.863. The summed E-state index contributed by atoms with van der Waals surface area (Å²) in [6.45, 7) is 3.27. The van der Waals surface area contributed by atoms with Crippen molar-refractivity contribution in [3.8, 4) is 0 Å². The molecule has 0 saturated heterocycles. The number of carboxylic acid groups (broad SMARTS) is 1. The predicted molar refractivity (Wildman–Crippen MR) is 91.5 cm³/mol. The van der Waals surface area contributed by atoms with E-state index in [1.807, 2.05) is 6.07 Å². The number of unbranched alkanes of at least 4 members (excludes halogenated alkanes) is 7. The molecule has 1 aromatic carbocycles. The number of nitrogens with zero attached hydrogens (tertiary/aromatic N) is 1. The average Bonchev–Trinajstić information content (AvgIpc) is 2.91. The van der Waals surface area contributed by atoms with E-state index in [0.717, 1.165) is 17.3 Å². The molecular formula is C19H27NO2. The van der Waals surface area contributed by atoms with Crippen molar-refractivity contribution in [3.05, 3.63) is 36.2 Å². The Morgan fingerprint density at radius 2 is 1.59 bits per heavy atom. The molecule has 3 heteroatoms. The minimum absolute atomic E-state index is 0.359. The highest BCUT2D eigenvalue weighted by Crippen LogP contribution is 2.18. The first-order valence-corrected chi connectivity index (χ1v) is 8.53. The van der Waals surface area contributed by atoms with Crippen molar-refractivity contribution in [2.45, 2.75) is 64.8 Å². The lowest BCUT2D eigenvalue weighted by atomic mass is 10.1. The number of carboxylic acids is 1. The van der Waals surface area contributed by atoms with Gasteiger partial charge in [0.05, 0.1) is 5.56 Å². The van der Waals surface area contributed by atoms with E-state index >= 15 is 0 Å². The highest BCUT2D eigenvalue weighted by molar-refractivity contribution is 5.94. The molecule has 120 valence electrons. The van der Waals surface area contributed by atoms with Gasteiger partial charge in [0, 0.05) is 24.3 Å². The third-order valence-electron chi connectivity index (χ3n) is 4.21. The summed E-state index contributed by atoms with van der Waals surface area (Å²) in [5.41, 5.74) is 0.359. The van der Waals surface area contributed by atoms with Crippen LogP contribution in [-0.2, 0) is 6.54 Å². The van der Waals surface area contributed by atoms with E-state index in [4.69, 9.17) is 5.11 Å². The molecule has 0 bridgehead atoms. The molecule has 0 aliphatic heterocycles. The van der Waals surface area contributed by atoms with Gasteiger partial charge in [-0.1, -0.05) is 57.9 Å². The Kier molecular flexibility index (Phi) is 6.50. The molecule has 2 rings (SSSR count). The van der Waals surface area contributed by atoms with E-state index in [2.05, 4.69) is 23.9 Å². The number of aryl methyl sites for hydroxylation is 1. The van der Waals surface area contributed by atoms with Crippen LogP contribution in [0.1, 0.15) is 68.6 Å².